The summed E-state index contributed by atoms with van der Waals surface area (Å²) in [6.07, 6.45) is -2.20. The van der Waals surface area contributed by atoms with Crippen LogP contribution in [0.15, 0.2) is 6.33 Å². The first-order chi connectivity index (χ1) is 13.6. The zero-order valence-corrected chi connectivity index (χ0v) is 17.3. The van der Waals surface area contributed by atoms with E-state index >= 15 is 4.39 Å². The minimum absolute atomic E-state index is 0.0481. The smallest absolute Gasteiger partial charge is 0.475 e. The van der Waals surface area contributed by atoms with E-state index in [0.717, 1.165) is 0 Å². The third kappa shape index (κ3) is 3.49. The number of anilines is 1. The van der Waals surface area contributed by atoms with Gasteiger partial charge in [0.2, 0.25) is 11.8 Å². The maximum Gasteiger partial charge on any atom is 0.475 e. The molecular weight excluding hydrogens is 408 g/mol. The van der Waals surface area contributed by atoms with E-state index in [1.54, 1.807) is 20.8 Å². The molecule has 2 aromatic heterocycles. The van der Waals surface area contributed by atoms with E-state index in [9.17, 15) is 4.57 Å². The molecule has 0 saturated carbocycles. The van der Waals surface area contributed by atoms with Crippen LogP contribution >= 0.6 is 7.82 Å². The molecule has 29 heavy (non-hydrogen) atoms. The van der Waals surface area contributed by atoms with Gasteiger partial charge >= 0.3 is 7.82 Å². The molecule has 5 atom stereocenters. The summed E-state index contributed by atoms with van der Waals surface area (Å²) in [4.78, 5) is 12.4. The normalized spacial score (nSPS) is 34.6. The van der Waals surface area contributed by atoms with Gasteiger partial charge in [-0.3, -0.25) is 18.1 Å². The average molecular weight is 431 g/mol. The van der Waals surface area contributed by atoms with Crippen LogP contribution in [0.5, 0.6) is 5.88 Å². The Balaban J connectivity index is 1.70. The monoisotopic (exact) mass is 431 g/mol. The summed E-state index contributed by atoms with van der Waals surface area (Å²) in [5, 5.41) is 0. The molecule has 2 fully saturated rings. The van der Waals surface area contributed by atoms with Crippen LogP contribution in [0, 0.1) is 0 Å². The SMILES string of the molecule is CCOc1nc(N)nc2c1ncn2[C@@H]1OC2COP(=O)(OC(C)C)O[C@H]2[C@@]1(C)F. The highest BCUT2D eigenvalue weighted by Crippen LogP contribution is 2.60. The number of fused-ring (bicyclic) bond motifs is 2. The molecule has 160 valence electrons. The summed E-state index contributed by atoms with van der Waals surface area (Å²) in [6.45, 7) is 6.66. The van der Waals surface area contributed by atoms with E-state index in [4.69, 9.17) is 28.8 Å². The fourth-order valence-electron chi connectivity index (χ4n) is 3.47. The Morgan fingerprint density at radius 1 is 1.48 bits per heavy atom. The number of ether oxygens (including phenoxy) is 2. The Morgan fingerprint density at radius 3 is 2.93 bits per heavy atom. The van der Waals surface area contributed by atoms with Gasteiger partial charge in [0.05, 0.1) is 25.6 Å². The molecule has 0 aromatic carbocycles. The van der Waals surface area contributed by atoms with Crippen LogP contribution in [0.2, 0.25) is 0 Å². The first-order valence-corrected chi connectivity index (χ1v) is 10.7. The number of phosphoric ester groups is 1. The number of nitrogen functional groups attached to an aromatic ring is 1. The third-order valence-corrected chi connectivity index (χ3v) is 6.23. The number of nitrogens with two attached hydrogens (primary N) is 1. The van der Waals surface area contributed by atoms with Gasteiger partial charge in [-0.15, -0.1) is 0 Å². The quantitative estimate of drug-likeness (QED) is 0.704. The highest BCUT2D eigenvalue weighted by atomic mass is 31.2. The van der Waals surface area contributed by atoms with Crippen LogP contribution in [0.4, 0.5) is 10.3 Å². The Hall–Kier alpha value is -1.85. The third-order valence-electron chi connectivity index (χ3n) is 4.60. The van der Waals surface area contributed by atoms with Crippen molar-refractivity contribution in [3.8, 4) is 5.88 Å². The van der Waals surface area contributed by atoms with Gasteiger partial charge in [0, 0.05) is 0 Å². The van der Waals surface area contributed by atoms with Crippen molar-refractivity contribution in [1.82, 2.24) is 19.5 Å². The number of nitrogens with zero attached hydrogens (tertiary/aromatic N) is 4. The van der Waals surface area contributed by atoms with E-state index in [1.807, 2.05) is 0 Å². The van der Waals surface area contributed by atoms with Crippen LogP contribution in [-0.4, -0.2) is 56.7 Å². The highest BCUT2D eigenvalue weighted by Gasteiger charge is 2.61. The molecule has 2 unspecified atom stereocenters. The second kappa shape index (κ2) is 7.13. The number of imidazole rings is 1. The maximum atomic E-state index is 15.9. The van der Waals surface area contributed by atoms with Gasteiger partial charge in [0.1, 0.15) is 12.2 Å². The summed E-state index contributed by atoms with van der Waals surface area (Å²) < 4.78 is 57.2. The summed E-state index contributed by atoms with van der Waals surface area (Å²) in [5.41, 5.74) is 4.25. The molecule has 2 N–H and O–H groups in total. The Kier molecular flexibility index (Phi) is 5.02. The number of alkyl halides is 1. The summed E-state index contributed by atoms with van der Waals surface area (Å²) >= 11 is 0. The zero-order chi connectivity index (χ0) is 21.0. The molecule has 4 rings (SSSR count). The number of halogens is 1. The van der Waals surface area contributed by atoms with Crippen LogP contribution in [-0.2, 0) is 22.9 Å². The molecular formula is C16H23FN5O6P. The van der Waals surface area contributed by atoms with Crippen molar-refractivity contribution in [3.63, 3.8) is 0 Å². The van der Waals surface area contributed by atoms with Gasteiger partial charge < -0.3 is 15.2 Å². The minimum atomic E-state index is -3.91. The summed E-state index contributed by atoms with van der Waals surface area (Å²) in [7, 11) is -3.91. The largest absolute Gasteiger partial charge is 0.476 e. The molecule has 2 aromatic rings. The lowest BCUT2D eigenvalue weighted by Crippen LogP contribution is -2.45. The molecule has 0 spiro atoms. The molecule has 2 aliphatic heterocycles. The van der Waals surface area contributed by atoms with E-state index in [1.165, 1.54) is 17.8 Å². The Bertz CT molecular complexity index is 969. The predicted molar refractivity (Wildman–Crippen MR) is 99.0 cm³/mol. The molecule has 4 heterocycles. The molecule has 13 heteroatoms. The van der Waals surface area contributed by atoms with Crippen molar-refractivity contribution < 1.29 is 32.0 Å². The fraction of sp³-hybridized carbons (Fsp3) is 0.688. The molecule has 0 radical (unpaired) electrons. The Morgan fingerprint density at radius 2 is 2.24 bits per heavy atom. The number of phosphoric acid groups is 1. The van der Waals surface area contributed by atoms with Gasteiger partial charge in [-0.25, -0.2) is 13.9 Å². The lowest BCUT2D eigenvalue weighted by molar-refractivity contribution is -0.0733. The second-order valence-electron chi connectivity index (χ2n) is 7.25. The van der Waals surface area contributed by atoms with Crippen LogP contribution in [0.3, 0.4) is 0 Å². The van der Waals surface area contributed by atoms with Crippen LogP contribution in [0.25, 0.3) is 11.2 Å². The van der Waals surface area contributed by atoms with Crippen molar-refractivity contribution in [3.05, 3.63) is 6.33 Å². The molecule has 11 nitrogen and oxygen atoms in total. The molecule has 2 saturated heterocycles. The number of rotatable bonds is 5. The van der Waals surface area contributed by atoms with E-state index in [-0.39, 0.29) is 24.1 Å². The lowest BCUT2D eigenvalue weighted by Gasteiger charge is -2.34. The maximum absolute atomic E-state index is 15.9. The standard InChI is InChI=1S/C16H23FN5O6P/c1-5-24-13-10-12(20-15(18)21-13)22(7-19-10)14-16(4,17)11-9(26-14)6-25-29(23,28-11)27-8(2)3/h7-9,11,14H,5-6H2,1-4H3,(H2,18,20,21)/t9?,11-,14-,16-,29?/m1/s1. The van der Waals surface area contributed by atoms with Crippen molar-refractivity contribution in [2.75, 3.05) is 18.9 Å². The highest BCUT2D eigenvalue weighted by molar-refractivity contribution is 7.48. The predicted octanol–water partition coefficient (Wildman–Crippen LogP) is 2.38. The van der Waals surface area contributed by atoms with Gasteiger partial charge in [0.15, 0.2) is 23.1 Å². The van der Waals surface area contributed by atoms with Gasteiger partial charge in [-0.1, -0.05) is 0 Å². The number of aromatic nitrogens is 4. The number of hydrogen-bond acceptors (Lipinski definition) is 10. The first kappa shape index (κ1) is 20.4. The van der Waals surface area contributed by atoms with E-state index in [0.29, 0.717) is 12.1 Å². The zero-order valence-electron chi connectivity index (χ0n) is 16.4. The van der Waals surface area contributed by atoms with Gasteiger partial charge in [0.25, 0.3) is 0 Å². The van der Waals surface area contributed by atoms with Gasteiger partial charge in [-0.05, 0) is 27.7 Å². The van der Waals surface area contributed by atoms with Crippen molar-refractivity contribution in [2.45, 2.75) is 57.9 Å². The van der Waals surface area contributed by atoms with Crippen LogP contribution in [0.1, 0.15) is 33.9 Å². The molecule has 0 aliphatic carbocycles. The first-order valence-electron chi connectivity index (χ1n) is 9.23. The summed E-state index contributed by atoms with van der Waals surface area (Å²) in [5.74, 6) is 0.146. The fourth-order valence-corrected chi connectivity index (χ4v) is 5.11. The minimum Gasteiger partial charge on any atom is -0.476 e. The van der Waals surface area contributed by atoms with E-state index in [2.05, 4.69) is 15.0 Å². The molecule has 0 bridgehead atoms. The molecule has 2 aliphatic rings. The average Bonchev–Trinajstić information content (AvgIpc) is 3.13. The molecule has 0 amide bonds. The van der Waals surface area contributed by atoms with Crippen LogP contribution < -0.4 is 10.5 Å². The topological polar surface area (TPSA) is 133 Å². The lowest BCUT2D eigenvalue weighted by atomic mass is 9.98. The van der Waals surface area contributed by atoms with Crippen molar-refractivity contribution in [2.24, 2.45) is 0 Å². The number of hydrogen-bond donors (Lipinski definition) is 1. The second-order valence-corrected chi connectivity index (χ2v) is 8.82. The van der Waals surface area contributed by atoms with Crippen molar-refractivity contribution >= 4 is 24.9 Å². The van der Waals surface area contributed by atoms with E-state index < -0.39 is 38.0 Å². The van der Waals surface area contributed by atoms with Gasteiger partial charge in [-0.2, -0.15) is 9.97 Å². The van der Waals surface area contributed by atoms with Crippen molar-refractivity contribution in [1.29, 1.82) is 0 Å². The summed E-state index contributed by atoms with van der Waals surface area (Å²) in [6, 6.07) is 0. The Labute approximate surface area is 166 Å².